The first-order valence-corrected chi connectivity index (χ1v) is 8.77. The number of piperazine rings is 1. The molecule has 0 radical (unpaired) electrons. The Morgan fingerprint density at radius 3 is 2.95 bits per heavy atom. The van der Waals surface area contributed by atoms with Crippen molar-refractivity contribution >= 4 is 15.9 Å². The van der Waals surface area contributed by atoms with Gasteiger partial charge in [0.05, 0.1) is 7.11 Å². The number of halogens is 1. The molecule has 0 bridgehead atoms. The lowest BCUT2D eigenvalue weighted by atomic mass is 9.96. The van der Waals surface area contributed by atoms with Gasteiger partial charge in [-0.15, -0.1) is 0 Å². The molecule has 0 aromatic heterocycles. The molecular formula is C17H25BrN2O. The van der Waals surface area contributed by atoms with E-state index in [1.807, 2.05) is 6.07 Å². The first-order chi connectivity index (χ1) is 10.2. The molecule has 0 saturated carbocycles. The average Bonchev–Trinajstić information content (AvgIpc) is 2.48. The van der Waals surface area contributed by atoms with Crippen molar-refractivity contribution in [1.82, 2.24) is 9.80 Å². The van der Waals surface area contributed by atoms with Gasteiger partial charge in [-0.3, -0.25) is 9.80 Å². The second kappa shape index (κ2) is 6.67. The third-order valence-electron chi connectivity index (χ3n) is 4.93. The van der Waals surface area contributed by atoms with Gasteiger partial charge >= 0.3 is 0 Å². The van der Waals surface area contributed by atoms with Crippen LogP contribution in [0.1, 0.15) is 31.7 Å². The summed E-state index contributed by atoms with van der Waals surface area (Å²) in [4.78, 5) is 5.32. The van der Waals surface area contributed by atoms with E-state index in [-0.39, 0.29) is 0 Å². The highest BCUT2D eigenvalue weighted by atomic mass is 79.9. The lowest BCUT2D eigenvalue weighted by Crippen LogP contribution is -2.58. The summed E-state index contributed by atoms with van der Waals surface area (Å²) < 4.78 is 6.65. The van der Waals surface area contributed by atoms with Crippen LogP contribution in [0, 0.1) is 0 Å². The van der Waals surface area contributed by atoms with E-state index in [9.17, 15) is 0 Å². The van der Waals surface area contributed by atoms with Crippen LogP contribution in [0.25, 0.3) is 0 Å². The molecule has 116 valence electrons. The van der Waals surface area contributed by atoms with E-state index in [1.54, 1.807) is 7.11 Å². The molecule has 1 aromatic carbocycles. The fourth-order valence-electron chi connectivity index (χ4n) is 3.72. The first kappa shape index (κ1) is 15.3. The molecular weight excluding hydrogens is 328 g/mol. The molecule has 3 nitrogen and oxygen atoms in total. The van der Waals surface area contributed by atoms with E-state index in [4.69, 9.17) is 4.74 Å². The van der Waals surface area contributed by atoms with Gasteiger partial charge in [0.1, 0.15) is 5.75 Å². The molecule has 2 saturated heterocycles. The van der Waals surface area contributed by atoms with Crippen LogP contribution < -0.4 is 4.74 Å². The molecule has 0 aliphatic carbocycles. The summed E-state index contributed by atoms with van der Waals surface area (Å²) in [7, 11) is 1.76. The number of ether oxygens (including phenoxy) is 1. The van der Waals surface area contributed by atoms with Crippen LogP contribution in [-0.2, 0) is 6.54 Å². The Balaban J connectivity index is 1.73. The minimum atomic E-state index is 0.614. The molecule has 3 rings (SSSR count). The second-order valence-electron chi connectivity index (χ2n) is 6.38. The fourth-order valence-corrected chi connectivity index (χ4v) is 4.13. The Hall–Kier alpha value is -0.580. The van der Waals surface area contributed by atoms with E-state index in [2.05, 4.69) is 44.8 Å². The zero-order valence-electron chi connectivity index (χ0n) is 13.0. The number of nitrogens with zero attached hydrogens (tertiary/aromatic N) is 2. The number of benzene rings is 1. The summed E-state index contributed by atoms with van der Waals surface area (Å²) >= 11 is 3.58. The van der Waals surface area contributed by atoms with Gasteiger partial charge in [-0.1, -0.05) is 22.4 Å². The Morgan fingerprint density at radius 1 is 1.29 bits per heavy atom. The molecule has 0 spiro atoms. The lowest BCUT2D eigenvalue weighted by Gasteiger charge is -2.47. The smallest absolute Gasteiger partial charge is 0.123 e. The molecule has 2 atom stereocenters. The number of hydrogen-bond donors (Lipinski definition) is 0. The van der Waals surface area contributed by atoms with Crippen molar-refractivity contribution in [2.45, 2.75) is 44.8 Å². The van der Waals surface area contributed by atoms with Gasteiger partial charge in [0.2, 0.25) is 0 Å². The molecule has 2 heterocycles. The van der Waals surface area contributed by atoms with Gasteiger partial charge in [-0.05, 0) is 44.5 Å². The van der Waals surface area contributed by atoms with Crippen LogP contribution in [0.15, 0.2) is 22.7 Å². The van der Waals surface area contributed by atoms with Crippen molar-refractivity contribution in [3.63, 3.8) is 0 Å². The fraction of sp³-hybridized carbons (Fsp3) is 0.647. The highest BCUT2D eigenvalue weighted by Gasteiger charge is 2.33. The van der Waals surface area contributed by atoms with E-state index >= 15 is 0 Å². The van der Waals surface area contributed by atoms with E-state index in [1.165, 1.54) is 44.5 Å². The first-order valence-electron chi connectivity index (χ1n) is 7.98. The summed E-state index contributed by atoms with van der Waals surface area (Å²) in [6.45, 7) is 7.03. The van der Waals surface area contributed by atoms with Gasteiger partial charge in [0.15, 0.2) is 0 Å². The largest absolute Gasteiger partial charge is 0.496 e. The minimum Gasteiger partial charge on any atom is -0.496 e. The topological polar surface area (TPSA) is 15.7 Å². The number of methoxy groups -OCH3 is 1. The summed E-state index contributed by atoms with van der Waals surface area (Å²) in [5.74, 6) is 0.997. The Bertz CT molecular complexity index is 494. The minimum absolute atomic E-state index is 0.614. The van der Waals surface area contributed by atoms with E-state index < -0.39 is 0 Å². The molecule has 1 aromatic rings. The van der Waals surface area contributed by atoms with Gasteiger partial charge in [0.25, 0.3) is 0 Å². The molecule has 0 N–H and O–H groups in total. The van der Waals surface area contributed by atoms with Crippen LogP contribution in [0.2, 0.25) is 0 Å². The van der Waals surface area contributed by atoms with Crippen LogP contribution in [0.3, 0.4) is 0 Å². The third kappa shape index (κ3) is 3.43. The molecule has 4 heteroatoms. The zero-order valence-corrected chi connectivity index (χ0v) is 14.6. The van der Waals surface area contributed by atoms with E-state index in [0.717, 1.165) is 22.8 Å². The standard InChI is InChI=1S/C17H25BrN2O/c1-13-10-19-8-4-3-5-16(19)12-20(13)11-14-9-15(18)6-7-17(14)21-2/h6-7,9,13,16H,3-5,8,10-12H2,1-2H3. The normalized spacial score (nSPS) is 27.4. The van der Waals surface area contributed by atoms with Gasteiger partial charge in [-0.2, -0.15) is 0 Å². The molecule has 2 aliphatic heterocycles. The predicted molar refractivity (Wildman–Crippen MR) is 89.8 cm³/mol. The van der Waals surface area contributed by atoms with E-state index in [0.29, 0.717) is 6.04 Å². The molecule has 2 fully saturated rings. The van der Waals surface area contributed by atoms with Crippen LogP contribution in [0.4, 0.5) is 0 Å². The molecule has 2 unspecified atom stereocenters. The van der Waals surface area contributed by atoms with Crippen molar-refractivity contribution < 1.29 is 4.74 Å². The van der Waals surface area contributed by atoms with Gasteiger partial charge in [0, 0.05) is 41.8 Å². The lowest BCUT2D eigenvalue weighted by molar-refractivity contribution is 0.0108. The van der Waals surface area contributed by atoms with Crippen LogP contribution in [0.5, 0.6) is 5.75 Å². The van der Waals surface area contributed by atoms with Crippen molar-refractivity contribution in [3.8, 4) is 5.75 Å². The molecule has 0 amide bonds. The average molecular weight is 353 g/mol. The third-order valence-corrected chi connectivity index (χ3v) is 5.43. The van der Waals surface area contributed by atoms with Crippen LogP contribution >= 0.6 is 15.9 Å². The second-order valence-corrected chi connectivity index (χ2v) is 7.29. The van der Waals surface area contributed by atoms with Gasteiger partial charge < -0.3 is 4.74 Å². The summed E-state index contributed by atoms with van der Waals surface area (Å²) in [5, 5.41) is 0. The Kier molecular flexibility index (Phi) is 4.87. The Labute approximate surface area is 136 Å². The molecule has 2 aliphatic rings. The maximum Gasteiger partial charge on any atom is 0.123 e. The number of piperidine rings is 1. The zero-order chi connectivity index (χ0) is 14.8. The monoisotopic (exact) mass is 352 g/mol. The summed E-state index contributed by atoms with van der Waals surface area (Å²) in [6.07, 6.45) is 4.13. The quantitative estimate of drug-likeness (QED) is 0.827. The van der Waals surface area contributed by atoms with Crippen molar-refractivity contribution in [1.29, 1.82) is 0 Å². The van der Waals surface area contributed by atoms with Crippen molar-refractivity contribution in [2.75, 3.05) is 26.7 Å². The van der Waals surface area contributed by atoms with Gasteiger partial charge in [-0.25, -0.2) is 0 Å². The number of hydrogen-bond acceptors (Lipinski definition) is 3. The number of rotatable bonds is 3. The molecule has 21 heavy (non-hydrogen) atoms. The maximum atomic E-state index is 5.53. The Morgan fingerprint density at radius 2 is 2.14 bits per heavy atom. The SMILES string of the molecule is COc1ccc(Br)cc1CN1CC2CCCCN2CC1C. The maximum absolute atomic E-state index is 5.53. The van der Waals surface area contributed by atoms with Crippen LogP contribution in [-0.4, -0.2) is 48.6 Å². The summed E-state index contributed by atoms with van der Waals surface area (Å²) in [6, 6.07) is 7.67. The number of fused-ring (bicyclic) bond motifs is 1. The summed E-state index contributed by atoms with van der Waals surface area (Å²) in [5.41, 5.74) is 1.28. The highest BCUT2D eigenvalue weighted by molar-refractivity contribution is 9.10. The van der Waals surface area contributed by atoms with Crippen molar-refractivity contribution in [2.24, 2.45) is 0 Å². The predicted octanol–water partition coefficient (Wildman–Crippen LogP) is 3.52. The highest BCUT2D eigenvalue weighted by Crippen LogP contribution is 2.29. The van der Waals surface area contributed by atoms with Crippen molar-refractivity contribution in [3.05, 3.63) is 28.2 Å².